The van der Waals surface area contributed by atoms with E-state index in [1.165, 1.54) is 0 Å². The van der Waals surface area contributed by atoms with Crippen molar-refractivity contribution in [1.82, 2.24) is 14.8 Å². The first-order valence-corrected chi connectivity index (χ1v) is 7.08. The number of aromatic nitrogens is 3. The predicted molar refractivity (Wildman–Crippen MR) is 86.8 cm³/mol. The van der Waals surface area contributed by atoms with E-state index in [-0.39, 0.29) is 6.54 Å². The van der Waals surface area contributed by atoms with Gasteiger partial charge in [-0.1, -0.05) is 12.1 Å². The molecule has 0 saturated heterocycles. The smallest absolute Gasteiger partial charge is 0.152 e. The van der Waals surface area contributed by atoms with Gasteiger partial charge in [-0.15, -0.1) is 0 Å². The third-order valence-corrected chi connectivity index (χ3v) is 3.86. The third-order valence-electron chi connectivity index (χ3n) is 3.86. The number of nitrogens with zero attached hydrogens (tertiary/aromatic N) is 4. The van der Waals surface area contributed by atoms with Crippen LogP contribution in [-0.2, 0) is 6.54 Å². The van der Waals surface area contributed by atoms with Crippen LogP contribution in [0.5, 0.6) is 0 Å². The Morgan fingerprint density at radius 2 is 2.18 bits per heavy atom. The van der Waals surface area contributed by atoms with E-state index >= 15 is 0 Å². The quantitative estimate of drug-likeness (QED) is 0.807. The van der Waals surface area contributed by atoms with Crippen LogP contribution in [0.2, 0.25) is 0 Å². The number of hydrogen-bond acceptors (Lipinski definition) is 4. The standard InChI is InChI=1S/C16H14FN5/c17-4-6-22-9-13-12-2-1-10(11-3-5-19-8-11)7-14(12)20-16(18)15(13)21-22/h1-3,5,7,9H,4,6,8H2,(H2,18,20). The van der Waals surface area contributed by atoms with Gasteiger partial charge in [0.1, 0.15) is 12.2 Å². The average Bonchev–Trinajstić information content (AvgIpc) is 3.17. The molecule has 2 N–H and O–H groups in total. The summed E-state index contributed by atoms with van der Waals surface area (Å²) in [5.74, 6) is 0.369. The lowest BCUT2D eigenvalue weighted by Gasteiger charge is -2.05. The van der Waals surface area contributed by atoms with Crippen molar-refractivity contribution >= 4 is 39.4 Å². The molecule has 4 rings (SSSR count). The van der Waals surface area contributed by atoms with Gasteiger partial charge >= 0.3 is 0 Å². The fraction of sp³-hybridized carbons (Fsp3) is 0.188. The van der Waals surface area contributed by atoms with Crippen LogP contribution in [0.15, 0.2) is 35.5 Å². The summed E-state index contributed by atoms with van der Waals surface area (Å²) in [7, 11) is 0. The number of alkyl halides is 1. The summed E-state index contributed by atoms with van der Waals surface area (Å²) in [5.41, 5.74) is 9.71. The summed E-state index contributed by atoms with van der Waals surface area (Å²) in [4.78, 5) is 8.65. The van der Waals surface area contributed by atoms with Gasteiger partial charge in [-0.3, -0.25) is 9.67 Å². The highest BCUT2D eigenvalue weighted by atomic mass is 19.1. The van der Waals surface area contributed by atoms with Gasteiger partial charge in [0.05, 0.1) is 18.6 Å². The van der Waals surface area contributed by atoms with E-state index in [4.69, 9.17) is 5.73 Å². The summed E-state index contributed by atoms with van der Waals surface area (Å²) in [6, 6.07) is 6.07. The Labute approximate surface area is 126 Å². The zero-order valence-electron chi connectivity index (χ0n) is 11.8. The molecule has 0 atom stereocenters. The molecular formula is C16H14FN5. The topological polar surface area (TPSA) is 69.1 Å². The second kappa shape index (κ2) is 4.91. The molecule has 0 spiro atoms. The number of hydrogen-bond donors (Lipinski definition) is 1. The molecule has 3 heterocycles. The fourth-order valence-corrected chi connectivity index (χ4v) is 2.78. The number of rotatable bonds is 3. The summed E-state index contributed by atoms with van der Waals surface area (Å²) in [5, 5.41) is 6.18. The Kier molecular flexibility index (Phi) is 2.89. The Hall–Kier alpha value is -2.76. The minimum Gasteiger partial charge on any atom is -0.382 e. The highest BCUT2D eigenvalue weighted by Gasteiger charge is 2.12. The van der Waals surface area contributed by atoms with Gasteiger partial charge in [0.15, 0.2) is 5.82 Å². The second-order valence-electron chi connectivity index (χ2n) is 5.25. The summed E-state index contributed by atoms with van der Waals surface area (Å²) >= 11 is 0. The molecule has 0 aliphatic carbocycles. The van der Waals surface area contributed by atoms with Gasteiger partial charge in [-0.25, -0.2) is 9.37 Å². The van der Waals surface area contributed by atoms with Gasteiger partial charge < -0.3 is 5.73 Å². The predicted octanol–water partition coefficient (Wildman–Crippen LogP) is 2.60. The van der Waals surface area contributed by atoms with Gasteiger partial charge in [-0.05, 0) is 23.3 Å². The van der Waals surface area contributed by atoms with Crippen molar-refractivity contribution in [2.45, 2.75) is 6.54 Å². The largest absolute Gasteiger partial charge is 0.382 e. The normalized spacial score (nSPS) is 14.1. The minimum atomic E-state index is -0.461. The van der Waals surface area contributed by atoms with E-state index in [1.54, 1.807) is 4.68 Å². The number of anilines is 1. The van der Waals surface area contributed by atoms with Gasteiger partial charge in [0.2, 0.25) is 0 Å². The molecule has 0 amide bonds. The molecule has 1 aromatic carbocycles. The molecule has 110 valence electrons. The van der Waals surface area contributed by atoms with Crippen molar-refractivity contribution in [3.8, 4) is 0 Å². The van der Waals surface area contributed by atoms with Crippen LogP contribution in [0.25, 0.3) is 27.4 Å². The second-order valence-corrected chi connectivity index (χ2v) is 5.25. The zero-order valence-corrected chi connectivity index (χ0v) is 11.8. The number of nitrogens with two attached hydrogens (primary N) is 1. The number of benzene rings is 1. The van der Waals surface area contributed by atoms with Crippen molar-refractivity contribution in [3.05, 3.63) is 36.0 Å². The van der Waals surface area contributed by atoms with Crippen molar-refractivity contribution in [2.75, 3.05) is 19.0 Å². The van der Waals surface area contributed by atoms with Crippen LogP contribution in [-0.4, -0.2) is 34.2 Å². The minimum absolute atomic E-state index is 0.220. The first-order chi connectivity index (χ1) is 10.8. The van der Waals surface area contributed by atoms with Gasteiger partial charge in [-0.2, -0.15) is 5.10 Å². The lowest BCUT2D eigenvalue weighted by Crippen LogP contribution is -1.99. The molecule has 6 heteroatoms. The zero-order chi connectivity index (χ0) is 15.1. The number of aliphatic imine (C=N–C) groups is 1. The molecule has 0 bridgehead atoms. The Bertz CT molecular complexity index is 939. The molecule has 0 saturated carbocycles. The lowest BCUT2D eigenvalue weighted by molar-refractivity contribution is 0.428. The maximum absolute atomic E-state index is 12.5. The highest BCUT2D eigenvalue weighted by molar-refractivity contribution is 6.08. The van der Waals surface area contributed by atoms with E-state index in [0.29, 0.717) is 17.9 Å². The molecule has 0 unspecified atom stereocenters. The maximum Gasteiger partial charge on any atom is 0.152 e. The van der Waals surface area contributed by atoms with Crippen LogP contribution in [0.1, 0.15) is 5.56 Å². The van der Waals surface area contributed by atoms with Crippen LogP contribution in [0.4, 0.5) is 10.2 Å². The van der Waals surface area contributed by atoms with Crippen molar-refractivity contribution in [2.24, 2.45) is 4.99 Å². The van der Waals surface area contributed by atoms with Gasteiger partial charge in [0.25, 0.3) is 0 Å². The fourth-order valence-electron chi connectivity index (χ4n) is 2.78. The Morgan fingerprint density at radius 1 is 1.27 bits per heavy atom. The molecule has 5 nitrogen and oxygen atoms in total. The molecule has 1 aliphatic rings. The van der Waals surface area contributed by atoms with E-state index in [1.807, 2.05) is 36.7 Å². The maximum atomic E-state index is 12.5. The van der Waals surface area contributed by atoms with E-state index in [9.17, 15) is 4.39 Å². The van der Waals surface area contributed by atoms with E-state index < -0.39 is 6.67 Å². The monoisotopic (exact) mass is 295 g/mol. The molecule has 2 aromatic heterocycles. The number of allylic oxidation sites excluding steroid dienone is 1. The summed E-state index contributed by atoms with van der Waals surface area (Å²) < 4.78 is 14.1. The summed E-state index contributed by atoms with van der Waals surface area (Å²) in [6.45, 7) is 0.452. The number of halogens is 1. The van der Waals surface area contributed by atoms with Crippen LogP contribution < -0.4 is 5.73 Å². The van der Waals surface area contributed by atoms with Crippen LogP contribution in [0.3, 0.4) is 0 Å². The SMILES string of the molecule is Nc1nc2cc(C3=CC=NC3)ccc2c2cn(CCF)nc12. The molecule has 3 aromatic rings. The highest BCUT2D eigenvalue weighted by Crippen LogP contribution is 2.29. The molecule has 0 radical (unpaired) electrons. The van der Waals surface area contributed by atoms with E-state index in [0.717, 1.165) is 27.4 Å². The number of fused-ring (bicyclic) bond motifs is 3. The first kappa shape index (κ1) is 12.9. The molecular weight excluding hydrogens is 281 g/mol. The van der Waals surface area contributed by atoms with Crippen molar-refractivity contribution < 1.29 is 4.39 Å². The molecule has 0 fully saturated rings. The van der Waals surface area contributed by atoms with Crippen molar-refractivity contribution in [3.63, 3.8) is 0 Å². The Balaban J connectivity index is 1.92. The van der Waals surface area contributed by atoms with E-state index in [2.05, 4.69) is 15.1 Å². The molecule has 1 aliphatic heterocycles. The van der Waals surface area contributed by atoms with Crippen molar-refractivity contribution in [1.29, 1.82) is 0 Å². The first-order valence-electron chi connectivity index (χ1n) is 7.08. The third kappa shape index (κ3) is 1.95. The average molecular weight is 295 g/mol. The van der Waals surface area contributed by atoms with Crippen LogP contribution >= 0.6 is 0 Å². The molecule has 22 heavy (non-hydrogen) atoms. The number of aryl methyl sites for hydroxylation is 1. The Morgan fingerprint density at radius 3 is 2.95 bits per heavy atom. The van der Waals surface area contributed by atoms with Gasteiger partial charge in [0, 0.05) is 23.2 Å². The number of pyridine rings is 1. The van der Waals surface area contributed by atoms with Crippen LogP contribution in [0, 0.1) is 0 Å². The lowest BCUT2D eigenvalue weighted by atomic mass is 10.0. The summed E-state index contributed by atoms with van der Waals surface area (Å²) in [6.07, 6.45) is 5.64. The number of nitrogen functional groups attached to an aromatic ring is 1.